The maximum absolute atomic E-state index is 12.7. The molecule has 0 radical (unpaired) electrons. The minimum atomic E-state index is -0.337. The van der Waals surface area contributed by atoms with Gasteiger partial charge in [0.2, 0.25) is 5.91 Å². The smallest absolute Gasteiger partial charge is 0.259 e. The number of hydrogen-bond acceptors (Lipinski definition) is 5. The first kappa shape index (κ1) is 24.3. The Labute approximate surface area is 198 Å². The summed E-state index contributed by atoms with van der Waals surface area (Å²) in [5, 5.41) is 8.64. The van der Waals surface area contributed by atoms with Crippen molar-refractivity contribution in [3.05, 3.63) is 83.9 Å². The predicted molar refractivity (Wildman–Crippen MR) is 133 cm³/mol. The summed E-state index contributed by atoms with van der Waals surface area (Å²) in [7, 11) is 3.31. The van der Waals surface area contributed by atoms with Crippen LogP contribution in [0.1, 0.15) is 15.9 Å². The molecule has 0 atom stereocenters. The third kappa shape index (κ3) is 6.83. The zero-order valence-electron chi connectivity index (χ0n) is 19.4. The van der Waals surface area contributed by atoms with Gasteiger partial charge in [-0.05, 0) is 48.9 Å². The van der Waals surface area contributed by atoms with Gasteiger partial charge in [-0.15, -0.1) is 0 Å². The second-order valence-corrected chi connectivity index (χ2v) is 7.84. The van der Waals surface area contributed by atoms with Crippen molar-refractivity contribution in [1.29, 1.82) is 0 Å². The zero-order valence-corrected chi connectivity index (χ0v) is 19.4. The number of ether oxygens (including phenoxy) is 1. The summed E-state index contributed by atoms with van der Waals surface area (Å²) in [6.45, 7) is 1.74. The van der Waals surface area contributed by atoms with Crippen LogP contribution in [0.25, 0.3) is 0 Å². The summed E-state index contributed by atoms with van der Waals surface area (Å²) in [6, 6.07) is 21.4. The SMILES string of the molecule is Cc1ccc(NCC(=O)Nc2ccccc2C(=O)Nc2ccccc2)c(OCC(=O)N(C)C)c1. The Kier molecular flexibility index (Phi) is 8.23. The van der Waals surface area contributed by atoms with Crippen LogP contribution in [-0.4, -0.2) is 49.9 Å². The average Bonchev–Trinajstić information content (AvgIpc) is 2.82. The van der Waals surface area contributed by atoms with Gasteiger partial charge in [0.05, 0.1) is 23.5 Å². The van der Waals surface area contributed by atoms with E-state index in [-0.39, 0.29) is 30.9 Å². The second kappa shape index (κ2) is 11.5. The van der Waals surface area contributed by atoms with Gasteiger partial charge in [-0.25, -0.2) is 0 Å². The highest BCUT2D eigenvalue weighted by atomic mass is 16.5. The van der Waals surface area contributed by atoms with Crippen LogP contribution in [0.15, 0.2) is 72.8 Å². The molecule has 0 aliphatic carbocycles. The third-order valence-corrected chi connectivity index (χ3v) is 4.90. The summed E-state index contributed by atoms with van der Waals surface area (Å²) >= 11 is 0. The number of carbonyl (C=O) groups is 3. The number of para-hydroxylation sites is 2. The highest BCUT2D eigenvalue weighted by Gasteiger charge is 2.14. The van der Waals surface area contributed by atoms with E-state index < -0.39 is 0 Å². The van der Waals surface area contributed by atoms with Gasteiger partial charge in [-0.3, -0.25) is 14.4 Å². The van der Waals surface area contributed by atoms with E-state index in [1.165, 1.54) is 4.90 Å². The monoisotopic (exact) mass is 460 g/mol. The number of nitrogens with one attached hydrogen (secondary N) is 3. The van der Waals surface area contributed by atoms with Crippen LogP contribution in [0, 0.1) is 6.92 Å². The highest BCUT2D eigenvalue weighted by molar-refractivity contribution is 6.10. The van der Waals surface area contributed by atoms with Crippen LogP contribution >= 0.6 is 0 Å². The van der Waals surface area contributed by atoms with Gasteiger partial charge >= 0.3 is 0 Å². The second-order valence-electron chi connectivity index (χ2n) is 7.84. The van der Waals surface area contributed by atoms with Crippen LogP contribution < -0.4 is 20.7 Å². The van der Waals surface area contributed by atoms with Crippen LogP contribution in [0.5, 0.6) is 5.75 Å². The Hall–Kier alpha value is -4.33. The molecule has 0 unspecified atom stereocenters. The molecule has 0 aliphatic heterocycles. The van der Waals surface area contributed by atoms with Gasteiger partial charge in [0.1, 0.15) is 5.75 Å². The molecular weight excluding hydrogens is 432 g/mol. The predicted octanol–water partition coefficient (Wildman–Crippen LogP) is 3.76. The molecule has 0 aliphatic rings. The van der Waals surface area contributed by atoms with Crippen LogP contribution in [0.4, 0.5) is 17.1 Å². The summed E-state index contributed by atoms with van der Waals surface area (Å²) in [6.07, 6.45) is 0. The minimum Gasteiger partial charge on any atom is -0.482 e. The van der Waals surface area contributed by atoms with E-state index in [4.69, 9.17) is 4.74 Å². The van der Waals surface area contributed by atoms with E-state index in [0.717, 1.165) is 5.56 Å². The molecule has 8 heteroatoms. The molecule has 34 heavy (non-hydrogen) atoms. The normalized spacial score (nSPS) is 10.2. The topological polar surface area (TPSA) is 99.8 Å². The van der Waals surface area contributed by atoms with Crippen molar-refractivity contribution in [2.24, 2.45) is 0 Å². The molecule has 3 aromatic carbocycles. The van der Waals surface area contributed by atoms with Crippen molar-refractivity contribution in [2.75, 3.05) is 43.2 Å². The molecule has 3 aromatic rings. The standard InChI is InChI=1S/C26H28N4O4/c1-18-13-14-22(23(15-18)34-17-25(32)30(2)3)27-16-24(31)29-21-12-8-7-11-20(21)26(33)28-19-9-5-4-6-10-19/h4-15,27H,16-17H2,1-3H3,(H,28,33)(H,29,31). The molecule has 3 rings (SSSR count). The Morgan fingerprint density at radius 2 is 1.56 bits per heavy atom. The molecule has 8 nitrogen and oxygen atoms in total. The zero-order chi connectivity index (χ0) is 24.5. The van der Waals surface area contributed by atoms with Gasteiger partial charge in [0.25, 0.3) is 11.8 Å². The van der Waals surface area contributed by atoms with Gasteiger partial charge in [-0.2, -0.15) is 0 Å². The van der Waals surface area contributed by atoms with Crippen molar-refractivity contribution in [2.45, 2.75) is 6.92 Å². The quantitative estimate of drug-likeness (QED) is 0.452. The number of likely N-dealkylation sites (N-methyl/N-ethyl adjacent to an activating group) is 1. The summed E-state index contributed by atoms with van der Waals surface area (Å²) in [5.41, 5.74) is 2.96. The van der Waals surface area contributed by atoms with E-state index >= 15 is 0 Å². The number of aryl methyl sites for hydroxylation is 1. The number of rotatable bonds is 9. The molecule has 176 valence electrons. The highest BCUT2D eigenvalue weighted by Crippen LogP contribution is 2.26. The van der Waals surface area contributed by atoms with Crippen molar-refractivity contribution in [3.8, 4) is 5.75 Å². The van der Waals surface area contributed by atoms with Crippen molar-refractivity contribution in [1.82, 2.24) is 4.90 Å². The maximum Gasteiger partial charge on any atom is 0.259 e. The van der Waals surface area contributed by atoms with E-state index in [0.29, 0.717) is 28.4 Å². The Balaban J connectivity index is 1.64. The van der Waals surface area contributed by atoms with Crippen LogP contribution in [0.3, 0.4) is 0 Å². The van der Waals surface area contributed by atoms with Gasteiger partial charge in [-0.1, -0.05) is 36.4 Å². The van der Waals surface area contributed by atoms with Crippen molar-refractivity contribution in [3.63, 3.8) is 0 Å². The lowest BCUT2D eigenvalue weighted by Gasteiger charge is -2.16. The summed E-state index contributed by atoms with van der Waals surface area (Å²) < 4.78 is 5.66. The average molecular weight is 461 g/mol. The van der Waals surface area contributed by atoms with Crippen LogP contribution in [-0.2, 0) is 9.59 Å². The molecule has 0 heterocycles. The molecule has 0 aromatic heterocycles. The minimum absolute atomic E-state index is 0.0598. The molecule has 0 fully saturated rings. The molecule has 3 N–H and O–H groups in total. The van der Waals surface area contributed by atoms with Gasteiger partial charge in [0.15, 0.2) is 6.61 Å². The number of carbonyl (C=O) groups excluding carboxylic acids is 3. The lowest BCUT2D eigenvalue weighted by molar-refractivity contribution is -0.130. The first-order valence-corrected chi connectivity index (χ1v) is 10.8. The fourth-order valence-corrected chi connectivity index (χ4v) is 3.04. The Morgan fingerprint density at radius 1 is 0.853 bits per heavy atom. The molecule has 0 bridgehead atoms. The Morgan fingerprint density at radius 3 is 2.29 bits per heavy atom. The summed E-state index contributed by atoms with van der Waals surface area (Å²) in [4.78, 5) is 38.7. The van der Waals surface area contributed by atoms with E-state index in [1.54, 1.807) is 62.6 Å². The molecule has 0 saturated heterocycles. The molecule has 3 amide bonds. The molecule has 0 spiro atoms. The lowest BCUT2D eigenvalue weighted by Crippen LogP contribution is -2.28. The fraction of sp³-hybridized carbons (Fsp3) is 0.192. The van der Waals surface area contributed by atoms with E-state index in [2.05, 4.69) is 16.0 Å². The first-order valence-electron chi connectivity index (χ1n) is 10.8. The van der Waals surface area contributed by atoms with Crippen LogP contribution in [0.2, 0.25) is 0 Å². The first-order chi connectivity index (χ1) is 16.3. The molecule has 0 saturated carbocycles. The van der Waals surface area contributed by atoms with E-state index in [9.17, 15) is 14.4 Å². The number of hydrogen-bond donors (Lipinski definition) is 3. The number of benzene rings is 3. The third-order valence-electron chi connectivity index (χ3n) is 4.90. The van der Waals surface area contributed by atoms with Crippen molar-refractivity contribution < 1.29 is 19.1 Å². The molecular formula is C26H28N4O4. The fourth-order valence-electron chi connectivity index (χ4n) is 3.04. The number of nitrogens with zero attached hydrogens (tertiary/aromatic N) is 1. The largest absolute Gasteiger partial charge is 0.482 e. The number of amides is 3. The lowest BCUT2D eigenvalue weighted by atomic mass is 10.1. The van der Waals surface area contributed by atoms with Gasteiger partial charge < -0.3 is 25.6 Å². The van der Waals surface area contributed by atoms with Gasteiger partial charge in [0, 0.05) is 19.8 Å². The van der Waals surface area contributed by atoms with E-state index in [1.807, 2.05) is 31.2 Å². The summed E-state index contributed by atoms with van der Waals surface area (Å²) in [5.74, 6) is -0.355. The maximum atomic E-state index is 12.7. The van der Waals surface area contributed by atoms with Crippen molar-refractivity contribution >= 4 is 34.8 Å². The number of anilines is 3. The Bertz CT molecular complexity index is 1160.